The lowest BCUT2D eigenvalue weighted by Gasteiger charge is -2.28. The number of carbonyl (C=O) groups excluding carboxylic acids is 1. The molecule has 27 heavy (non-hydrogen) atoms. The van der Waals surface area contributed by atoms with Crippen molar-refractivity contribution in [3.63, 3.8) is 0 Å². The lowest BCUT2D eigenvalue weighted by Crippen LogP contribution is -2.38. The third-order valence-electron chi connectivity index (χ3n) is 4.96. The first-order valence-electron chi connectivity index (χ1n) is 9.39. The highest BCUT2D eigenvalue weighted by Crippen LogP contribution is 2.43. The van der Waals surface area contributed by atoms with Crippen molar-refractivity contribution in [1.82, 2.24) is 4.98 Å². The molecule has 0 unspecified atom stereocenters. The van der Waals surface area contributed by atoms with Crippen LogP contribution in [-0.4, -0.2) is 30.7 Å². The van der Waals surface area contributed by atoms with Gasteiger partial charge in [0.15, 0.2) is 0 Å². The monoisotopic (exact) mass is 372 g/mol. The van der Waals surface area contributed by atoms with Gasteiger partial charge in [-0.3, -0.25) is 4.79 Å². The summed E-state index contributed by atoms with van der Waals surface area (Å²) in [5, 5.41) is 2.91. The first kappa shape index (κ1) is 19.3. The largest absolute Gasteiger partial charge is 0.475 e. The number of carbonyl (C=O) groups is 1. The maximum absolute atomic E-state index is 14.4. The van der Waals surface area contributed by atoms with Gasteiger partial charge in [-0.15, -0.1) is 0 Å². The average Bonchev–Trinajstić information content (AvgIpc) is 3.18. The van der Waals surface area contributed by atoms with Gasteiger partial charge in [-0.1, -0.05) is 31.0 Å². The average molecular weight is 372 g/mol. The van der Waals surface area contributed by atoms with Gasteiger partial charge in [-0.05, 0) is 31.9 Å². The van der Waals surface area contributed by atoms with E-state index in [2.05, 4.69) is 10.3 Å². The van der Waals surface area contributed by atoms with Crippen molar-refractivity contribution in [1.29, 1.82) is 0 Å². The summed E-state index contributed by atoms with van der Waals surface area (Å²) in [7, 11) is 0. The molecule has 2 aromatic rings. The molecule has 1 fully saturated rings. The topological polar surface area (TPSA) is 60.5 Å². The smallest absolute Gasteiger partial charge is 0.235 e. The second-order valence-electron chi connectivity index (χ2n) is 6.65. The second kappa shape index (κ2) is 8.95. The lowest BCUT2D eigenvalue weighted by atomic mass is 9.77. The van der Waals surface area contributed by atoms with E-state index in [1.54, 1.807) is 36.5 Å². The molecule has 1 heterocycles. The number of rotatable bonds is 8. The maximum Gasteiger partial charge on any atom is 0.235 e. The summed E-state index contributed by atoms with van der Waals surface area (Å²) in [5.41, 5.74) is 0.224. The van der Waals surface area contributed by atoms with E-state index in [-0.39, 0.29) is 11.7 Å². The molecule has 1 saturated carbocycles. The molecule has 1 aromatic carbocycles. The molecule has 1 aliphatic rings. The van der Waals surface area contributed by atoms with Crippen molar-refractivity contribution < 1.29 is 18.7 Å². The molecule has 1 aliphatic carbocycles. The SMILES string of the molecule is CCOCCOc1ccc(NC(=O)C2(c3ccccc3F)CCCC2)cn1. The molecule has 0 saturated heterocycles. The summed E-state index contributed by atoms with van der Waals surface area (Å²) in [6.45, 7) is 3.49. The Morgan fingerprint density at radius 2 is 1.96 bits per heavy atom. The van der Waals surface area contributed by atoms with E-state index in [1.807, 2.05) is 6.92 Å². The van der Waals surface area contributed by atoms with E-state index in [0.717, 1.165) is 12.8 Å². The number of halogens is 1. The van der Waals surface area contributed by atoms with Crippen LogP contribution in [0.2, 0.25) is 0 Å². The summed E-state index contributed by atoms with van der Waals surface area (Å²) in [6, 6.07) is 10.00. The van der Waals surface area contributed by atoms with Gasteiger partial charge >= 0.3 is 0 Å². The van der Waals surface area contributed by atoms with Crippen LogP contribution in [0.25, 0.3) is 0 Å². The van der Waals surface area contributed by atoms with Crippen molar-refractivity contribution in [3.8, 4) is 5.88 Å². The number of nitrogens with zero attached hydrogens (tertiary/aromatic N) is 1. The highest BCUT2D eigenvalue weighted by Gasteiger charge is 2.44. The van der Waals surface area contributed by atoms with E-state index in [1.165, 1.54) is 6.07 Å². The number of benzene rings is 1. The first-order valence-corrected chi connectivity index (χ1v) is 9.39. The molecule has 0 bridgehead atoms. The summed E-state index contributed by atoms with van der Waals surface area (Å²) in [4.78, 5) is 17.3. The van der Waals surface area contributed by atoms with Crippen LogP contribution in [0.3, 0.4) is 0 Å². The normalized spacial score (nSPS) is 15.5. The fraction of sp³-hybridized carbons (Fsp3) is 0.429. The Balaban J connectivity index is 1.69. The minimum absolute atomic E-state index is 0.183. The Morgan fingerprint density at radius 3 is 2.63 bits per heavy atom. The Kier molecular flexibility index (Phi) is 6.40. The zero-order chi connectivity index (χ0) is 19.1. The van der Waals surface area contributed by atoms with Crippen LogP contribution in [0.5, 0.6) is 5.88 Å². The molecule has 144 valence electrons. The lowest BCUT2D eigenvalue weighted by molar-refractivity contribution is -0.121. The van der Waals surface area contributed by atoms with Gasteiger partial charge in [-0.2, -0.15) is 0 Å². The second-order valence-corrected chi connectivity index (χ2v) is 6.65. The van der Waals surface area contributed by atoms with Gasteiger partial charge in [0, 0.05) is 18.2 Å². The van der Waals surface area contributed by atoms with Crippen molar-refractivity contribution >= 4 is 11.6 Å². The van der Waals surface area contributed by atoms with Crippen LogP contribution >= 0.6 is 0 Å². The molecule has 0 atom stereocenters. The Morgan fingerprint density at radius 1 is 1.19 bits per heavy atom. The molecule has 5 nitrogen and oxygen atoms in total. The van der Waals surface area contributed by atoms with Gasteiger partial charge in [-0.25, -0.2) is 9.37 Å². The van der Waals surface area contributed by atoms with Crippen molar-refractivity contribution in [2.45, 2.75) is 38.0 Å². The fourth-order valence-corrected chi connectivity index (χ4v) is 3.59. The predicted molar refractivity (Wildman–Crippen MR) is 101 cm³/mol. The zero-order valence-electron chi connectivity index (χ0n) is 15.5. The zero-order valence-corrected chi connectivity index (χ0v) is 15.5. The van der Waals surface area contributed by atoms with Crippen LogP contribution in [0.15, 0.2) is 42.6 Å². The number of nitrogens with one attached hydrogen (secondary N) is 1. The predicted octanol–water partition coefficient (Wildman–Crippen LogP) is 4.09. The molecular formula is C21H25FN2O3. The third kappa shape index (κ3) is 4.45. The van der Waals surface area contributed by atoms with Crippen molar-refractivity contribution in [2.75, 3.05) is 25.1 Å². The molecule has 1 aromatic heterocycles. The van der Waals surface area contributed by atoms with Gasteiger partial charge in [0.1, 0.15) is 12.4 Å². The summed E-state index contributed by atoms with van der Waals surface area (Å²) >= 11 is 0. The number of hydrogen-bond donors (Lipinski definition) is 1. The Hall–Kier alpha value is -2.47. The van der Waals surface area contributed by atoms with E-state index >= 15 is 0 Å². The molecular weight excluding hydrogens is 347 g/mol. The summed E-state index contributed by atoms with van der Waals surface area (Å²) in [5.74, 6) is -0.0416. The number of amides is 1. The third-order valence-corrected chi connectivity index (χ3v) is 4.96. The summed E-state index contributed by atoms with van der Waals surface area (Å²) < 4.78 is 25.1. The highest BCUT2D eigenvalue weighted by atomic mass is 19.1. The Labute approximate surface area is 158 Å². The van der Waals surface area contributed by atoms with Crippen LogP contribution in [-0.2, 0) is 14.9 Å². The fourth-order valence-electron chi connectivity index (χ4n) is 3.59. The van der Waals surface area contributed by atoms with Crippen molar-refractivity contribution in [2.24, 2.45) is 0 Å². The van der Waals surface area contributed by atoms with E-state index < -0.39 is 5.41 Å². The molecule has 0 spiro atoms. The molecule has 0 radical (unpaired) electrons. The summed E-state index contributed by atoms with van der Waals surface area (Å²) in [6.07, 6.45) is 4.66. The maximum atomic E-state index is 14.4. The van der Waals surface area contributed by atoms with Gasteiger partial charge in [0.2, 0.25) is 11.8 Å². The standard InChI is InChI=1S/C21H25FN2O3/c1-2-26-13-14-27-19-10-9-16(15-23-19)24-20(25)21(11-5-6-12-21)17-7-3-4-8-18(17)22/h3-4,7-10,15H,2,5-6,11-14H2,1H3,(H,24,25). The number of aromatic nitrogens is 1. The van der Waals surface area contributed by atoms with Crippen molar-refractivity contribution in [3.05, 3.63) is 54.0 Å². The van der Waals surface area contributed by atoms with Crippen LogP contribution in [0.1, 0.15) is 38.2 Å². The molecule has 1 N–H and O–H groups in total. The van der Waals surface area contributed by atoms with Crippen LogP contribution < -0.4 is 10.1 Å². The van der Waals surface area contributed by atoms with Crippen LogP contribution in [0, 0.1) is 5.82 Å². The first-order chi connectivity index (χ1) is 13.2. The number of ether oxygens (including phenoxy) is 2. The van der Waals surface area contributed by atoms with Gasteiger partial charge < -0.3 is 14.8 Å². The number of anilines is 1. The molecule has 1 amide bonds. The minimum atomic E-state index is -0.821. The highest BCUT2D eigenvalue weighted by molar-refractivity contribution is 5.99. The Bertz CT molecular complexity index is 758. The number of hydrogen-bond acceptors (Lipinski definition) is 4. The van der Waals surface area contributed by atoms with E-state index in [0.29, 0.717) is 49.8 Å². The van der Waals surface area contributed by atoms with E-state index in [4.69, 9.17) is 9.47 Å². The molecule has 0 aliphatic heterocycles. The molecule has 6 heteroatoms. The van der Waals surface area contributed by atoms with E-state index in [9.17, 15) is 9.18 Å². The molecule has 3 rings (SSSR count). The van der Waals surface area contributed by atoms with Gasteiger partial charge in [0.25, 0.3) is 0 Å². The quantitative estimate of drug-likeness (QED) is 0.709. The van der Waals surface area contributed by atoms with Crippen LogP contribution in [0.4, 0.5) is 10.1 Å². The minimum Gasteiger partial charge on any atom is -0.475 e. The number of pyridine rings is 1. The van der Waals surface area contributed by atoms with Gasteiger partial charge in [0.05, 0.1) is 23.9 Å².